The summed E-state index contributed by atoms with van der Waals surface area (Å²) in [6.07, 6.45) is 3.01. The van der Waals surface area contributed by atoms with E-state index in [1.165, 1.54) is 6.20 Å². The third-order valence-electron chi connectivity index (χ3n) is 4.99. The number of aromatic nitrogens is 2. The molecule has 1 unspecified atom stereocenters. The molecule has 1 aliphatic carbocycles. The number of fused-ring (bicyclic) bond motifs is 1. The number of halogens is 1. The number of aromatic carboxylic acids is 1. The Morgan fingerprint density at radius 3 is 2.77 bits per heavy atom. The van der Waals surface area contributed by atoms with Crippen LogP contribution in [0.2, 0.25) is 0 Å². The molecule has 2 aliphatic rings. The predicted octanol–water partition coefficient (Wildman–Crippen LogP) is 0.983. The smallest absolute Gasteiger partial charge is 0.341 e. The van der Waals surface area contributed by atoms with Crippen molar-refractivity contribution in [3.63, 3.8) is 0 Å². The Morgan fingerprint density at radius 2 is 2.19 bits per heavy atom. The van der Waals surface area contributed by atoms with E-state index in [-0.39, 0.29) is 40.9 Å². The Morgan fingerprint density at radius 1 is 1.46 bits per heavy atom. The second kappa shape index (κ2) is 5.87. The molecule has 0 aromatic carbocycles. The summed E-state index contributed by atoms with van der Waals surface area (Å²) < 4.78 is 16.3. The van der Waals surface area contributed by atoms with Gasteiger partial charge >= 0.3 is 5.97 Å². The van der Waals surface area contributed by atoms with Gasteiger partial charge in [0, 0.05) is 37.0 Å². The van der Waals surface area contributed by atoms with Gasteiger partial charge in [-0.3, -0.25) is 4.79 Å². The summed E-state index contributed by atoms with van der Waals surface area (Å²) >= 11 is 0. The van der Waals surface area contributed by atoms with Gasteiger partial charge in [0.1, 0.15) is 11.2 Å². The van der Waals surface area contributed by atoms with Crippen LogP contribution in [0.3, 0.4) is 0 Å². The fourth-order valence-electron chi connectivity index (χ4n) is 3.40. The molecular weight excluding hydrogens is 341 g/mol. The van der Waals surface area contributed by atoms with Crippen LogP contribution >= 0.6 is 0 Å². The summed E-state index contributed by atoms with van der Waals surface area (Å²) in [6, 6.07) is 1.13. The molecule has 3 heterocycles. The molecular formula is C17H18FN5O3. The van der Waals surface area contributed by atoms with Crippen molar-refractivity contribution in [1.82, 2.24) is 9.55 Å². The van der Waals surface area contributed by atoms with Gasteiger partial charge in [0.25, 0.3) is 0 Å². The Bertz CT molecular complexity index is 998. The van der Waals surface area contributed by atoms with Crippen LogP contribution in [0.1, 0.15) is 29.2 Å². The first-order chi connectivity index (χ1) is 12.4. The average Bonchev–Trinajstić information content (AvgIpc) is 3.37. The summed E-state index contributed by atoms with van der Waals surface area (Å²) in [4.78, 5) is 29.8. The molecule has 1 atom stereocenters. The predicted molar refractivity (Wildman–Crippen MR) is 93.7 cm³/mol. The minimum absolute atomic E-state index is 0.0392. The molecule has 0 spiro atoms. The molecule has 4 rings (SSSR count). The Hall–Kier alpha value is -2.81. The zero-order valence-electron chi connectivity index (χ0n) is 13.9. The lowest BCUT2D eigenvalue weighted by atomic mass is 10.1. The van der Waals surface area contributed by atoms with Gasteiger partial charge < -0.3 is 25.7 Å². The number of nitrogens with two attached hydrogens (primary N) is 1. The summed E-state index contributed by atoms with van der Waals surface area (Å²) in [5.41, 5.74) is 5.23. The number of pyridine rings is 2. The first-order valence-electron chi connectivity index (χ1n) is 8.41. The Kier molecular flexibility index (Phi) is 3.76. The molecule has 0 radical (unpaired) electrons. The van der Waals surface area contributed by atoms with Gasteiger partial charge in [0.05, 0.1) is 11.9 Å². The lowest BCUT2D eigenvalue weighted by Crippen LogP contribution is -2.26. The first-order valence-corrected chi connectivity index (χ1v) is 8.41. The van der Waals surface area contributed by atoms with Crippen LogP contribution in [0.25, 0.3) is 11.0 Å². The molecule has 136 valence electrons. The number of carboxylic acid groups (broad SMARTS) is 1. The molecule has 8 nitrogen and oxygen atoms in total. The van der Waals surface area contributed by atoms with Gasteiger partial charge in [-0.05, 0) is 18.9 Å². The van der Waals surface area contributed by atoms with Crippen molar-refractivity contribution in [2.75, 3.05) is 24.5 Å². The number of hydrogen-bond donors (Lipinski definition) is 3. The maximum Gasteiger partial charge on any atom is 0.341 e. The van der Waals surface area contributed by atoms with Crippen molar-refractivity contribution in [3.8, 4) is 0 Å². The van der Waals surface area contributed by atoms with Gasteiger partial charge in [0.2, 0.25) is 5.43 Å². The zero-order chi connectivity index (χ0) is 18.6. The maximum absolute atomic E-state index is 14.7. The lowest BCUT2D eigenvalue weighted by molar-refractivity contribution is 0.0695. The lowest BCUT2D eigenvalue weighted by Gasteiger charge is -2.19. The molecule has 1 saturated carbocycles. The van der Waals surface area contributed by atoms with E-state index in [1.54, 1.807) is 9.47 Å². The van der Waals surface area contributed by atoms with E-state index in [9.17, 15) is 19.1 Å². The molecule has 2 aromatic heterocycles. The Labute approximate surface area is 147 Å². The maximum atomic E-state index is 14.7. The van der Waals surface area contributed by atoms with Crippen LogP contribution in [0, 0.1) is 17.1 Å². The molecule has 0 amide bonds. The quantitative estimate of drug-likeness (QED) is 0.747. The third kappa shape index (κ3) is 2.55. The van der Waals surface area contributed by atoms with Crippen molar-refractivity contribution in [1.29, 1.82) is 5.41 Å². The SMILES string of the molecule is N=C1CN(c2nc3c(cc2F)c(=O)c(C(=O)O)cn3C2CC2)CC1CN. The fraction of sp³-hybridized carbons (Fsp3) is 0.412. The van der Waals surface area contributed by atoms with Crippen LogP contribution in [0.4, 0.5) is 10.2 Å². The van der Waals surface area contributed by atoms with E-state index < -0.39 is 17.2 Å². The second-order valence-corrected chi connectivity index (χ2v) is 6.82. The van der Waals surface area contributed by atoms with Crippen molar-refractivity contribution < 1.29 is 14.3 Å². The van der Waals surface area contributed by atoms with Gasteiger partial charge in [0.15, 0.2) is 11.6 Å². The average molecular weight is 359 g/mol. The van der Waals surface area contributed by atoms with Crippen LogP contribution in [0.5, 0.6) is 0 Å². The summed E-state index contributed by atoms with van der Waals surface area (Å²) in [5.74, 6) is -2.12. The van der Waals surface area contributed by atoms with Crippen LogP contribution in [-0.2, 0) is 0 Å². The van der Waals surface area contributed by atoms with E-state index in [1.807, 2.05) is 0 Å². The number of anilines is 1. The van der Waals surface area contributed by atoms with Crippen LogP contribution < -0.4 is 16.1 Å². The molecule has 4 N–H and O–H groups in total. The van der Waals surface area contributed by atoms with Gasteiger partial charge in [-0.1, -0.05) is 0 Å². The molecule has 0 bridgehead atoms. The Balaban J connectivity index is 1.90. The number of carbonyl (C=O) groups is 1. The second-order valence-electron chi connectivity index (χ2n) is 6.82. The van der Waals surface area contributed by atoms with Crippen LogP contribution in [-0.4, -0.2) is 46.0 Å². The van der Waals surface area contributed by atoms with Crippen molar-refractivity contribution in [2.45, 2.75) is 18.9 Å². The van der Waals surface area contributed by atoms with E-state index >= 15 is 0 Å². The van der Waals surface area contributed by atoms with E-state index in [4.69, 9.17) is 11.1 Å². The summed E-state index contributed by atoms with van der Waals surface area (Å²) in [7, 11) is 0. The summed E-state index contributed by atoms with van der Waals surface area (Å²) in [6.45, 7) is 0.934. The topological polar surface area (TPSA) is 125 Å². The van der Waals surface area contributed by atoms with E-state index in [2.05, 4.69) is 4.98 Å². The zero-order valence-corrected chi connectivity index (χ0v) is 13.9. The number of nitrogens with zero attached hydrogens (tertiary/aromatic N) is 3. The summed E-state index contributed by atoms with van der Waals surface area (Å²) in [5, 5.41) is 17.2. The molecule has 26 heavy (non-hydrogen) atoms. The highest BCUT2D eigenvalue weighted by atomic mass is 19.1. The number of carboxylic acids is 1. The standard InChI is InChI=1S/C17H18FN5O3/c18-12-3-10-14(24)11(17(25)26)6-23(9-1-2-9)15(10)21-16(12)22-5-8(4-19)13(20)7-22/h3,6,8-9,20H,1-2,4-5,7,19H2,(H,25,26). The third-order valence-corrected chi connectivity index (χ3v) is 4.99. The highest BCUT2D eigenvalue weighted by Gasteiger charge is 2.32. The van der Waals surface area contributed by atoms with Crippen molar-refractivity contribution in [2.24, 2.45) is 11.7 Å². The van der Waals surface area contributed by atoms with Gasteiger partial charge in [-0.15, -0.1) is 0 Å². The first kappa shape index (κ1) is 16.6. The molecule has 2 fully saturated rings. The minimum Gasteiger partial charge on any atom is -0.477 e. The molecule has 1 saturated heterocycles. The minimum atomic E-state index is -1.34. The highest BCUT2D eigenvalue weighted by molar-refractivity contribution is 5.93. The fourth-order valence-corrected chi connectivity index (χ4v) is 3.40. The van der Waals surface area contributed by atoms with E-state index in [0.29, 0.717) is 18.8 Å². The monoisotopic (exact) mass is 359 g/mol. The van der Waals surface area contributed by atoms with Gasteiger partial charge in [-0.2, -0.15) is 0 Å². The van der Waals surface area contributed by atoms with E-state index in [0.717, 1.165) is 18.9 Å². The van der Waals surface area contributed by atoms with Gasteiger partial charge in [-0.25, -0.2) is 14.2 Å². The normalized spacial score (nSPS) is 20.2. The van der Waals surface area contributed by atoms with Crippen molar-refractivity contribution >= 4 is 28.5 Å². The number of rotatable bonds is 4. The number of hydrogen-bond acceptors (Lipinski definition) is 6. The van der Waals surface area contributed by atoms with Crippen molar-refractivity contribution in [3.05, 3.63) is 33.9 Å². The largest absolute Gasteiger partial charge is 0.477 e. The highest BCUT2D eigenvalue weighted by Crippen LogP contribution is 2.37. The molecule has 1 aliphatic heterocycles. The van der Waals surface area contributed by atoms with Crippen LogP contribution in [0.15, 0.2) is 17.1 Å². The number of nitrogens with one attached hydrogen (secondary N) is 1. The molecule has 2 aromatic rings. The molecule has 9 heteroatoms.